The zero-order valence-electron chi connectivity index (χ0n) is 36.6. The number of aryl methyl sites for hydroxylation is 1. The predicted molar refractivity (Wildman–Crippen MR) is 229 cm³/mol. The number of ether oxygens (including phenoxy) is 5. The second-order valence-corrected chi connectivity index (χ2v) is 22.9. The van der Waals surface area contributed by atoms with Crippen LogP contribution in [0.25, 0.3) is 10.9 Å². The van der Waals surface area contributed by atoms with Gasteiger partial charge in [0.25, 0.3) is 0 Å². The molecule has 13 nitrogen and oxygen atoms in total. The number of nitrogen functional groups attached to an aromatic ring is 1. The molecule has 3 N–H and O–H groups in total. The third-order valence-electron chi connectivity index (χ3n) is 9.69. The number of pyridine rings is 1. The number of fused-ring (bicyclic) bond motifs is 1. The Hall–Kier alpha value is -4.40. The molecule has 58 heavy (non-hydrogen) atoms. The zero-order valence-corrected chi connectivity index (χ0v) is 37.6. The first-order valence-electron chi connectivity index (χ1n) is 20.3. The molecule has 0 fully saturated rings. The number of nitrogens with zero attached hydrogens (tertiary/aromatic N) is 2. The average Bonchev–Trinajstić information content (AvgIpc) is 3.08. The first-order chi connectivity index (χ1) is 26.9. The van der Waals surface area contributed by atoms with Crippen LogP contribution < -0.4 is 15.2 Å². The van der Waals surface area contributed by atoms with E-state index in [0.717, 1.165) is 44.2 Å². The lowest BCUT2D eigenvalue weighted by molar-refractivity contribution is 0.0184. The number of benzene rings is 2. The maximum Gasteiger partial charge on any atom is 0.515 e. The summed E-state index contributed by atoms with van der Waals surface area (Å²) in [7, 11) is -2.50. The fourth-order valence-electron chi connectivity index (χ4n) is 5.71. The fraction of sp³-hybridized carbons (Fsp3) is 0.591. The van der Waals surface area contributed by atoms with Gasteiger partial charge in [-0.15, -0.1) is 0 Å². The van der Waals surface area contributed by atoms with Gasteiger partial charge in [-0.3, -0.25) is 0 Å². The maximum atomic E-state index is 12.8. The van der Waals surface area contributed by atoms with Crippen LogP contribution in [0.15, 0.2) is 48.5 Å². The van der Waals surface area contributed by atoms with E-state index in [4.69, 9.17) is 33.8 Å². The van der Waals surface area contributed by atoms with E-state index in [2.05, 4.69) is 51.0 Å². The second kappa shape index (κ2) is 21.0. The molecule has 14 heteroatoms. The number of hydrogen-bond acceptors (Lipinski definition) is 11. The number of nitrogens with two attached hydrogens (primary N) is 1. The molecule has 0 aliphatic carbocycles. The number of unbranched alkanes of at least 4 members (excludes halogenated alkanes) is 4. The lowest BCUT2D eigenvalue weighted by Crippen LogP contribution is -2.45. The number of carbonyl (C=O) groups is 3. The van der Waals surface area contributed by atoms with Crippen LogP contribution in [0.1, 0.15) is 118 Å². The zero-order chi connectivity index (χ0) is 43.3. The van der Waals surface area contributed by atoms with Crippen LogP contribution in [0.4, 0.5) is 20.1 Å². The van der Waals surface area contributed by atoms with E-state index in [9.17, 15) is 19.5 Å². The molecule has 0 radical (unpaired) electrons. The van der Waals surface area contributed by atoms with Crippen molar-refractivity contribution in [1.29, 1.82) is 0 Å². The Bertz CT molecular complexity index is 1800. The second-order valence-electron chi connectivity index (χ2n) is 18.2. The van der Waals surface area contributed by atoms with E-state index in [1.54, 1.807) is 59.7 Å². The van der Waals surface area contributed by atoms with E-state index >= 15 is 0 Å². The minimum atomic E-state index is -2.50. The van der Waals surface area contributed by atoms with Crippen molar-refractivity contribution in [2.75, 3.05) is 32.0 Å². The molecule has 0 aliphatic heterocycles. The molecule has 0 bridgehead atoms. The average molecular weight is 826 g/mol. The summed E-state index contributed by atoms with van der Waals surface area (Å²) in [5, 5.41) is 10.7. The van der Waals surface area contributed by atoms with Crippen molar-refractivity contribution < 1.29 is 47.6 Å². The molecule has 1 heterocycles. The summed E-state index contributed by atoms with van der Waals surface area (Å²) in [5.74, 6) is -0.0207. The van der Waals surface area contributed by atoms with Gasteiger partial charge in [-0.1, -0.05) is 51.8 Å². The van der Waals surface area contributed by atoms with E-state index < -0.39 is 44.0 Å². The van der Waals surface area contributed by atoms with Gasteiger partial charge >= 0.3 is 18.4 Å². The molecule has 3 aromatic rings. The maximum absolute atomic E-state index is 12.8. The molecule has 2 aromatic carbocycles. The van der Waals surface area contributed by atoms with Crippen LogP contribution >= 0.6 is 0 Å². The van der Waals surface area contributed by atoms with Crippen molar-refractivity contribution in [3.63, 3.8) is 0 Å². The van der Waals surface area contributed by atoms with Crippen LogP contribution in [0.3, 0.4) is 0 Å². The minimum absolute atomic E-state index is 0.0544. The van der Waals surface area contributed by atoms with Gasteiger partial charge in [0.05, 0.1) is 12.6 Å². The molecule has 0 saturated carbocycles. The number of carboxylic acid groups (broad SMARTS) is 1. The summed E-state index contributed by atoms with van der Waals surface area (Å²) in [6, 6.07) is 14.5. The Balaban J connectivity index is 1.78. The van der Waals surface area contributed by atoms with Crippen LogP contribution in [-0.2, 0) is 25.1 Å². The summed E-state index contributed by atoms with van der Waals surface area (Å²) < 4.78 is 34.6. The normalized spacial score (nSPS) is 12.9. The molecule has 322 valence electrons. The van der Waals surface area contributed by atoms with Gasteiger partial charge in [-0.2, -0.15) is 0 Å². The Morgan fingerprint density at radius 3 is 1.93 bits per heavy atom. The Kier molecular flexibility index (Phi) is 17.4. The number of anilines is 1. The lowest BCUT2D eigenvalue weighted by atomic mass is 10.0. The highest BCUT2D eigenvalue weighted by Gasteiger charge is 2.40. The number of amides is 1. The van der Waals surface area contributed by atoms with Crippen molar-refractivity contribution in [3.8, 4) is 11.6 Å². The molecule has 3 rings (SSSR count). The summed E-state index contributed by atoms with van der Waals surface area (Å²) in [4.78, 5) is 44.1. The van der Waals surface area contributed by atoms with E-state index in [-0.39, 0.29) is 28.7 Å². The molecule has 0 spiro atoms. The highest BCUT2D eigenvalue weighted by Crippen LogP contribution is 2.42. The van der Waals surface area contributed by atoms with Crippen LogP contribution in [-0.4, -0.2) is 79.2 Å². The number of rotatable bonds is 19. The lowest BCUT2D eigenvalue weighted by Gasteiger charge is -2.40. The van der Waals surface area contributed by atoms with Gasteiger partial charge in [0.15, 0.2) is 14.1 Å². The van der Waals surface area contributed by atoms with Gasteiger partial charge in [0, 0.05) is 36.9 Å². The molecule has 1 amide bonds. The Morgan fingerprint density at radius 2 is 1.34 bits per heavy atom. The van der Waals surface area contributed by atoms with E-state index in [0.29, 0.717) is 37.1 Å². The summed E-state index contributed by atoms with van der Waals surface area (Å²) >= 11 is 0. The quantitative estimate of drug-likeness (QED) is 0.0386. The molecule has 0 aliphatic rings. The summed E-state index contributed by atoms with van der Waals surface area (Å²) in [6.45, 7) is 22.7. The first kappa shape index (κ1) is 48.0. The van der Waals surface area contributed by atoms with E-state index in [1.807, 2.05) is 12.1 Å². The van der Waals surface area contributed by atoms with Crippen LogP contribution in [0, 0.1) is 0 Å². The molecule has 1 aromatic heterocycles. The molecule has 1 unspecified atom stereocenters. The van der Waals surface area contributed by atoms with Crippen molar-refractivity contribution in [1.82, 2.24) is 9.88 Å². The van der Waals surface area contributed by atoms with Crippen molar-refractivity contribution >= 4 is 43.3 Å². The topological polar surface area (TPSA) is 169 Å². The fourth-order valence-corrected chi connectivity index (χ4v) is 6.98. The SMILES string of the molecule is CC(C)(C)OC(=O)Oc1ccc2c(C(CN(CCCCCCOCCCCc3ccc(N)cc3)C(=O)O)O[Si](C)(C)C(C)(C)C)ccc(OC(=O)OC(C)(C)C)c2n1. The van der Waals surface area contributed by atoms with Crippen molar-refractivity contribution in [3.05, 3.63) is 59.7 Å². The van der Waals surface area contributed by atoms with Crippen LogP contribution in [0.5, 0.6) is 11.6 Å². The van der Waals surface area contributed by atoms with Gasteiger partial charge in [0.1, 0.15) is 16.7 Å². The monoisotopic (exact) mass is 825 g/mol. The molecular weight excluding hydrogens is 759 g/mol. The minimum Gasteiger partial charge on any atom is -0.465 e. The first-order valence-corrected chi connectivity index (χ1v) is 23.2. The van der Waals surface area contributed by atoms with Gasteiger partial charge in [0.2, 0.25) is 5.88 Å². The Labute approximate surface area is 346 Å². The molecule has 1 atom stereocenters. The smallest absolute Gasteiger partial charge is 0.465 e. The van der Waals surface area contributed by atoms with E-state index in [1.165, 1.54) is 16.5 Å². The molecule has 0 saturated heterocycles. The van der Waals surface area contributed by atoms with Crippen molar-refractivity contribution in [2.45, 2.75) is 143 Å². The summed E-state index contributed by atoms with van der Waals surface area (Å²) in [5.41, 5.74) is 7.03. The highest BCUT2D eigenvalue weighted by atomic mass is 28.4. The number of aromatic nitrogens is 1. The molecular formula is C44H67N3O10Si. The standard InChI is InChI=1S/C44H67N3O10Si/c1-42(2,3)55-40(50)53-35-25-23-33(34-24-26-37(46-38(34)35)54-41(51)56-43(4,5)6)36(57-58(10,11)44(7,8)9)30-47(39(48)49)27-15-12-13-16-28-52-29-17-14-18-31-19-21-32(45)22-20-31/h19-26,36H,12-18,27-30,45H2,1-11H3,(H,48,49). The van der Waals surface area contributed by atoms with Gasteiger partial charge in [-0.05, 0) is 127 Å². The number of carbonyl (C=O) groups excluding carboxylic acids is 2. The number of hydrogen-bond donors (Lipinski definition) is 2. The predicted octanol–water partition coefficient (Wildman–Crippen LogP) is 11.1. The van der Waals surface area contributed by atoms with Gasteiger partial charge in [-0.25, -0.2) is 19.4 Å². The van der Waals surface area contributed by atoms with Crippen molar-refractivity contribution in [2.24, 2.45) is 0 Å². The largest absolute Gasteiger partial charge is 0.515 e. The van der Waals surface area contributed by atoms with Crippen LogP contribution in [0.2, 0.25) is 18.1 Å². The Morgan fingerprint density at radius 1 is 0.759 bits per heavy atom. The third-order valence-corrected chi connectivity index (χ3v) is 14.2. The third kappa shape index (κ3) is 16.5. The summed E-state index contributed by atoms with van der Waals surface area (Å²) in [6.07, 6.45) is 2.74. The highest BCUT2D eigenvalue weighted by molar-refractivity contribution is 6.74. The van der Waals surface area contributed by atoms with Gasteiger partial charge < -0.3 is 43.9 Å².